The number of fused-ring (bicyclic) bond motifs is 1. The number of carbonyl (C=O) groups excluding carboxylic acids is 4. The summed E-state index contributed by atoms with van der Waals surface area (Å²) in [5.41, 5.74) is 1.87. The number of H-pyrrole nitrogens is 1. The van der Waals surface area contributed by atoms with Crippen molar-refractivity contribution >= 4 is 45.4 Å². The molecule has 47 heavy (non-hydrogen) atoms. The number of aromatic amines is 1. The van der Waals surface area contributed by atoms with E-state index in [0.29, 0.717) is 31.0 Å². The number of unbranched alkanes of at least 4 members (excludes halogenated alkanes) is 4. The predicted octanol–water partition coefficient (Wildman–Crippen LogP) is 7.39. The van der Waals surface area contributed by atoms with Crippen molar-refractivity contribution < 1.29 is 28.1 Å². The van der Waals surface area contributed by atoms with Crippen LogP contribution in [0.2, 0.25) is 0 Å². The number of imide groups is 1. The second kappa shape index (κ2) is 15.8. The molecule has 0 bridgehead atoms. The van der Waals surface area contributed by atoms with E-state index in [1.165, 1.54) is 17.1 Å². The van der Waals surface area contributed by atoms with Crippen molar-refractivity contribution in [2.45, 2.75) is 122 Å². The smallest absolute Gasteiger partial charge is 0.410 e. The Balaban J connectivity index is 1.12. The Kier molecular flexibility index (Phi) is 12.3. The molecule has 1 aromatic heterocycles. The van der Waals surface area contributed by atoms with Crippen LogP contribution < -0.4 is 10.1 Å². The van der Waals surface area contributed by atoms with Crippen LogP contribution in [0.3, 0.4) is 0 Å². The third-order valence-electron chi connectivity index (χ3n) is 9.01. The number of carbonyl (C=O) groups is 4. The van der Waals surface area contributed by atoms with E-state index in [9.17, 15) is 23.4 Å². The van der Waals surface area contributed by atoms with Crippen molar-refractivity contribution in [2.75, 3.05) is 13.1 Å². The van der Waals surface area contributed by atoms with Crippen molar-refractivity contribution in [1.82, 2.24) is 15.2 Å². The SMILES string of the molecule is CC(C)(C)Cc1c([S@](=O)C(C)(C)C)[nH]c2cc(OC(=O)NCCCCCCCC(=O)C3CCC(CN4C(=O)C=CC4=O)CC3)ccc12. The van der Waals surface area contributed by atoms with E-state index in [-0.39, 0.29) is 29.1 Å². The molecule has 9 nitrogen and oxygen atoms in total. The molecule has 0 saturated heterocycles. The molecule has 3 amide bonds. The van der Waals surface area contributed by atoms with Gasteiger partial charge in [-0.1, -0.05) is 40.0 Å². The van der Waals surface area contributed by atoms with Crippen molar-refractivity contribution in [3.63, 3.8) is 0 Å². The first-order valence-corrected chi connectivity index (χ1v) is 18.4. The minimum atomic E-state index is -1.23. The van der Waals surface area contributed by atoms with Gasteiger partial charge in [0.1, 0.15) is 16.6 Å². The minimum absolute atomic E-state index is 0.0131. The molecule has 2 N–H and O–H groups in total. The van der Waals surface area contributed by atoms with Gasteiger partial charge < -0.3 is 15.0 Å². The molecule has 1 atom stereocenters. The number of rotatable bonds is 14. The molecule has 1 aliphatic heterocycles. The summed E-state index contributed by atoms with van der Waals surface area (Å²) in [5, 5.41) is 4.57. The fourth-order valence-corrected chi connectivity index (χ4v) is 7.69. The zero-order valence-corrected chi connectivity index (χ0v) is 29.9. The van der Waals surface area contributed by atoms with Gasteiger partial charge in [0.05, 0.1) is 16.3 Å². The van der Waals surface area contributed by atoms with Crippen LogP contribution >= 0.6 is 0 Å². The maximum absolute atomic E-state index is 13.4. The highest BCUT2D eigenvalue weighted by molar-refractivity contribution is 7.86. The highest BCUT2D eigenvalue weighted by atomic mass is 32.2. The van der Waals surface area contributed by atoms with Gasteiger partial charge in [0, 0.05) is 53.8 Å². The topological polar surface area (TPSA) is 126 Å². The number of ether oxygens (including phenoxy) is 1. The van der Waals surface area contributed by atoms with Crippen LogP contribution in [0.5, 0.6) is 5.75 Å². The molecule has 2 heterocycles. The van der Waals surface area contributed by atoms with Crippen LogP contribution in [0, 0.1) is 17.3 Å². The molecule has 0 spiro atoms. The lowest BCUT2D eigenvalue weighted by Crippen LogP contribution is -2.36. The molecular weight excluding hydrogens is 614 g/mol. The van der Waals surface area contributed by atoms with Crippen LogP contribution in [0.15, 0.2) is 35.4 Å². The van der Waals surface area contributed by atoms with Gasteiger partial charge in [-0.25, -0.2) is 4.79 Å². The fourth-order valence-electron chi connectivity index (χ4n) is 6.47. The van der Waals surface area contributed by atoms with Crippen LogP contribution in [-0.4, -0.2) is 55.6 Å². The number of hydrogen-bond donors (Lipinski definition) is 2. The molecule has 258 valence electrons. The summed E-state index contributed by atoms with van der Waals surface area (Å²) in [7, 11) is -1.23. The monoisotopic (exact) mass is 667 g/mol. The number of hydrogen-bond acceptors (Lipinski definition) is 6. The summed E-state index contributed by atoms with van der Waals surface area (Å²) in [6.07, 6.45) is 11.6. The third-order valence-corrected chi connectivity index (χ3v) is 10.8. The highest BCUT2D eigenvalue weighted by Gasteiger charge is 2.31. The Morgan fingerprint density at radius 3 is 2.21 bits per heavy atom. The molecule has 0 unspecified atom stereocenters. The molecule has 4 rings (SSSR count). The van der Waals surface area contributed by atoms with E-state index in [1.54, 1.807) is 12.1 Å². The van der Waals surface area contributed by atoms with E-state index in [4.69, 9.17) is 4.74 Å². The number of amides is 3. The Labute approximate surface area is 282 Å². The first-order valence-electron chi connectivity index (χ1n) is 17.2. The van der Waals surface area contributed by atoms with Gasteiger partial charge in [0.15, 0.2) is 0 Å². The average molecular weight is 668 g/mol. The summed E-state index contributed by atoms with van der Waals surface area (Å²) >= 11 is 0. The number of Topliss-reactive ketones (excluding diaryl/α,β-unsaturated/α-hetero) is 1. The minimum Gasteiger partial charge on any atom is -0.410 e. The van der Waals surface area contributed by atoms with E-state index >= 15 is 0 Å². The lowest BCUT2D eigenvalue weighted by atomic mass is 9.79. The Hall–Kier alpha value is -3.27. The van der Waals surface area contributed by atoms with Crippen molar-refractivity contribution in [3.8, 4) is 5.75 Å². The third kappa shape index (κ3) is 10.4. The molecule has 1 aromatic carbocycles. The zero-order valence-electron chi connectivity index (χ0n) is 29.0. The summed E-state index contributed by atoms with van der Waals surface area (Å²) in [4.78, 5) is 53.5. The number of nitrogens with one attached hydrogen (secondary N) is 2. The Morgan fingerprint density at radius 1 is 0.936 bits per heavy atom. The summed E-state index contributed by atoms with van der Waals surface area (Å²) < 4.78 is 18.5. The summed E-state index contributed by atoms with van der Waals surface area (Å²) in [6, 6.07) is 5.53. The molecule has 10 heteroatoms. The normalized spacial score (nSPS) is 19.4. The maximum atomic E-state index is 13.4. The van der Waals surface area contributed by atoms with Crippen LogP contribution in [0.25, 0.3) is 10.9 Å². The summed E-state index contributed by atoms with van der Waals surface area (Å²) in [5.74, 6) is 0.689. The largest absolute Gasteiger partial charge is 0.412 e. The zero-order chi connectivity index (χ0) is 34.4. The molecular formula is C37H53N3O6S. The van der Waals surface area contributed by atoms with Gasteiger partial charge in [-0.2, -0.15) is 0 Å². The van der Waals surface area contributed by atoms with Crippen LogP contribution in [-0.2, 0) is 31.6 Å². The van der Waals surface area contributed by atoms with E-state index < -0.39 is 21.6 Å². The number of benzene rings is 1. The Bertz CT molecular complexity index is 1490. The predicted molar refractivity (Wildman–Crippen MR) is 186 cm³/mol. The number of aromatic nitrogens is 1. The van der Waals surface area contributed by atoms with Crippen molar-refractivity contribution in [3.05, 3.63) is 35.9 Å². The van der Waals surface area contributed by atoms with Gasteiger partial charge in [-0.15, -0.1) is 0 Å². The summed E-state index contributed by atoms with van der Waals surface area (Å²) in [6.45, 7) is 13.4. The lowest BCUT2D eigenvalue weighted by Gasteiger charge is -2.30. The van der Waals surface area contributed by atoms with Gasteiger partial charge in [-0.05, 0) is 94.7 Å². The van der Waals surface area contributed by atoms with Crippen LogP contribution in [0.1, 0.15) is 111 Å². The molecule has 0 radical (unpaired) electrons. The Morgan fingerprint density at radius 2 is 1.57 bits per heavy atom. The molecule has 2 aliphatic rings. The van der Waals surface area contributed by atoms with Gasteiger partial charge in [-0.3, -0.25) is 23.5 Å². The molecule has 1 saturated carbocycles. The number of ketones is 1. The number of nitrogens with zero attached hydrogens (tertiary/aromatic N) is 1. The van der Waals surface area contributed by atoms with Crippen molar-refractivity contribution in [2.24, 2.45) is 17.3 Å². The van der Waals surface area contributed by atoms with E-state index in [1.807, 2.05) is 26.8 Å². The van der Waals surface area contributed by atoms with E-state index in [0.717, 1.165) is 85.7 Å². The average Bonchev–Trinajstić information content (AvgIpc) is 3.50. The molecule has 2 aromatic rings. The van der Waals surface area contributed by atoms with Gasteiger partial charge in [0.2, 0.25) is 0 Å². The first kappa shape index (κ1) is 36.6. The quantitative estimate of drug-likeness (QED) is 0.160. The molecule has 1 aliphatic carbocycles. The van der Waals surface area contributed by atoms with Gasteiger partial charge in [0.25, 0.3) is 11.8 Å². The standard InChI is InChI=1S/C37H53N3O6S/c1-36(2,3)23-29-28-18-17-27(22-30(28)39-34(29)47(45)37(4,5)6)46-35(44)38-21-11-9-7-8-10-12-31(41)26-15-13-25(14-16-26)24-40-32(42)19-20-33(40)43/h17-20,22,25-26,39H,7-16,21,23-24H2,1-6H3,(H,38,44)/t25?,26?,47-/m0/s1. The first-order chi connectivity index (χ1) is 22.1. The van der Waals surface area contributed by atoms with Crippen LogP contribution in [0.4, 0.5) is 4.79 Å². The lowest BCUT2D eigenvalue weighted by molar-refractivity contribution is -0.138. The van der Waals surface area contributed by atoms with E-state index in [2.05, 4.69) is 31.1 Å². The molecule has 1 fully saturated rings. The second-order valence-corrected chi connectivity index (χ2v) is 17.6. The van der Waals surface area contributed by atoms with Crippen molar-refractivity contribution in [1.29, 1.82) is 0 Å². The highest BCUT2D eigenvalue weighted by Crippen LogP contribution is 2.36. The van der Waals surface area contributed by atoms with Gasteiger partial charge >= 0.3 is 6.09 Å². The second-order valence-electron chi connectivity index (χ2n) is 15.4. The fraction of sp³-hybridized carbons (Fsp3) is 0.622. The maximum Gasteiger partial charge on any atom is 0.412 e.